The standard InChI is InChI=1S/C6H9N3O2/c1-4(2)5(10)9-6-7-3-8-11-6/h3-4H,1-2H3,(H,7,8,9,10). The van der Waals surface area contributed by atoms with E-state index >= 15 is 0 Å². The Morgan fingerprint density at radius 2 is 2.45 bits per heavy atom. The predicted molar refractivity (Wildman–Crippen MR) is 37.8 cm³/mol. The highest BCUT2D eigenvalue weighted by Crippen LogP contribution is 2.01. The summed E-state index contributed by atoms with van der Waals surface area (Å²) in [5.74, 6) is -0.212. The van der Waals surface area contributed by atoms with E-state index < -0.39 is 0 Å². The Morgan fingerprint density at radius 3 is 2.91 bits per heavy atom. The van der Waals surface area contributed by atoms with Gasteiger partial charge in [-0.2, -0.15) is 4.98 Å². The number of hydrogen-bond donors (Lipinski definition) is 1. The van der Waals surface area contributed by atoms with Gasteiger partial charge in [0.05, 0.1) is 0 Å². The molecule has 5 nitrogen and oxygen atoms in total. The highest BCUT2D eigenvalue weighted by atomic mass is 16.5. The van der Waals surface area contributed by atoms with Crippen molar-refractivity contribution in [3.63, 3.8) is 0 Å². The lowest BCUT2D eigenvalue weighted by Gasteiger charge is -2.00. The summed E-state index contributed by atoms with van der Waals surface area (Å²) in [5, 5.41) is 5.78. The van der Waals surface area contributed by atoms with Crippen LogP contribution in [0.25, 0.3) is 0 Å². The van der Waals surface area contributed by atoms with Crippen LogP contribution in [-0.4, -0.2) is 16.0 Å². The Labute approximate surface area is 63.8 Å². The molecule has 1 aromatic heterocycles. The number of aromatic nitrogens is 2. The summed E-state index contributed by atoms with van der Waals surface area (Å²) in [6, 6.07) is 0.142. The minimum absolute atomic E-state index is 0.0816. The van der Waals surface area contributed by atoms with E-state index in [0.717, 1.165) is 0 Å². The molecule has 0 aliphatic rings. The molecule has 1 aromatic rings. The van der Waals surface area contributed by atoms with Crippen molar-refractivity contribution in [1.29, 1.82) is 0 Å². The largest absolute Gasteiger partial charge is 0.327 e. The van der Waals surface area contributed by atoms with Crippen LogP contribution in [0.1, 0.15) is 13.8 Å². The maximum atomic E-state index is 11.0. The summed E-state index contributed by atoms with van der Waals surface area (Å²) < 4.78 is 4.56. The van der Waals surface area contributed by atoms with Crippen molar-refractivity contribution in [2.24, 2.45) is 5.92 Å². The predicted octanol–water partition coefficient (Wildman–Crippen LogP) is 0.664. The zero-order valence-electron chi connectivity index (χ0n) is 6.37. The average molecular weight is 155 g/mol. The van der Waals surface area contributed by atoms with Crippen molar-refractivity contribution in [3.8, 4) is 0 Å². The molecule has 0 spiro atoms. The van der Waals surface area contributed by atoms with E-state index in [-0.39, 0.29) is 17.8 Å². The second kappa shape index (κ2) is 3.14. The molecule has 0 fully saturated rings. The zero-order valence-corrected chi connectivity index (χ0v) is 6.37. The summed E-state index contributed by atoms with van der Waals surface area (Å²) in [4.78, 5) is 14.6. The lowest BCUT2D eigenvalue weighted by molar-refractivity contribution is -0.119. The van der Waals surface area contributed by atoms with Crippen molar-refractivity contribution in [3.05, 3.63) is 6.33 Å². The number of hydrogen-bond acceptors (Lipinski definition) is 4. The van der Waals surface area contributed by atoms with Crippen molar-refractivity contribution >= 4 is 11.9 Å². The minimum Gasteiger partial charge on any atom is -0.315 e. The molecule has 60 valence electrons. The Morgan fingerprint density at radius 1 is 1.73 bits per heavy atom. The summed E-state index contributed by atoms with van der Waals surface area (Å²) in [5.41, 5.74) is 0. The summed E-state index contributed by atoms with van der Waals surface area (Å²) in [6.07, 6.45) is 1.23. The van der Waals surface area contributed by atoms with Gasteiger partial charge in [0.15, 0.2) is 6.33 Å². The van der Waals surface area contributed by atoms with Gasteiger partial charge in [-0.3, -0.25) is 10.1 Å². The highest BCUT2D eigenvalue weighted by molar-refractivity contribution is 5.89. The maximum absolute atomic E-state index is 11.0. The third-order valence-electron chi connectivity index (χ3n) is 1.12. The molecule has 0 aromatic carbocycles. The molecule has 0 aliphatic carbocycles. The lowest BCUT2D eigenvalue weighted by atomic mass is 10.2. The van der Waals surface area contributed by atoms with Crippen LogP contribution in [0.4, 0.5) is 6.01 Å². The normalized spacial score (nSPS) is 10.1. The molecule has 5 heteroatoms. The number of carbonyl (C=O) groups excluding carboxylic acids is 1. The maximum Gasteiger partial charge on any atom is 0.327 e. The molecule has 0 unspecified atom stereocenters. The van der Waals surface area contributed by atoms with Crippen LogP contribution in [0, 0.1) is 5.92 Å². The van der Waals surface area contributed by atoms with E-state index in [1.165, 1.54) is 6.33 Å². The monoisotopic (exact) mass is 155 g/mol. The molecule has 0 saturated carbocycles. The molecule has 11 heavy (non-hydrogen) atoms. The Balaban J connectivity index is 2.50. The fourth-order valence-corrected chi connectivity index (χ4v) is 0.478. The summed E-state index contributed by atoms with van der Waals surface area (Å²) in [7, 11) is 0. The first-order valence-corrected chi connectivity index (χ1v) is 3.27. The van der Waals surface area contributed by atoms with Gasteiger partial charge in [0.2, 0.25) is 5.91 Å². The van der Waals surface area contributed by atoms with Crippen molar-refractivity contribution in [2.45, 2.75) is 13.8 Å². The number of nitrogens with one attached hydrogen (secondary N) is 1. The van der Waals surface area contributed by atoms with Gasteiger partial charge in [0.1, 0.15) is 0 Å². The number of carbonyl (C=O) groups is 1. The minimum atomic E-state index is -0.130. The molecule has 0 atom stereocenters. The van der Waals surface area contributed by atoms with E-state index in [2.05, 4.69) is 20.0 Å². The molecule has 0 radical (unpaired) electrons. The van der Waals surface area contributed by atoms with E-state index in [9.17, 15) is 4.79 Å². The number of rotatable bonds is 2. The molecule has 1 rings (SSSR count). The van der Waals surface area contributed by atoms with Crippen LogP contribution in [0.2, 0.25) is 0 Å². The van der Waals surface area contributed by atoms with Gasteiger partial charge in [0, 0.05) is 5.92 Å². The van der Waals surface area contributed by atoms with Crippen LogP contribution in [-0.2, 0) is 4.79 Å². The number of amides is 1. The SMILES string of the molecule is CC(C)C(=O)Nc1ncno1. The van der Waals surface area contributed by atoms with E-state index in [1.54, 1.807) is 13.8 Å². The molecule has 1 amide bonds. The molecular weight excluding hydrogens is 146 g/mol. The summed E-state index contributed by atoms with van der Waals surface area (Å²) in [6.45, 7) is 3.57. The van der Waals surface area contributed by atoms with Gasteiger partial charge in [-0.1, -0.05) is 19.0 Å². The first-order valence-electron chi connectivity index (χ1n) is 3.27. The van der Waals surface area contributed by atoms with Crippen molar-refractivity contribution in [2.75, 3.05) is 5.32 Å². The average Bonchev–Trinajstić information content (AvgIpc) is 2.39. The van der Waals surface area contributed by atoms with Crippen LogP contribution in [0.15, 0.2) is 10.9 Å². The zero-order chi connectivity index (χ0) is 8.27. The van der Waals surface area contributed by atoms with Gasteiger partial charge in [-0.15, -0.1) is 0 Å². The van der Waals surface area contributed by atoms with E-state index in [1.807, 2.05) is 0 Å². The van der Waals surface area contributed by atoms with Gasteiger partial charge in [-0.25, -0.2) is 0 Å². The van der Waals surface area contributed by atoms with Gasteiger partial charge < -0.3 is 4.52 Å². The molecule has 0 saturated heterocycles. The Bertz CT molecular complexity index is 230. The topological polar surface area (TPSA) is 68.0 Å². The second-order valence-electron chi connectivity index (χ2n) is 2.39. The Hall–Kier alpha value is -1.39. The molecule has 0 bridgehead atoms. The van der Waals surface area contributed by atoms with Crippen LogP contribution < -0.4 is 5.32 Å². The molecule has 1 N–H and O–H groups in total. The van der Waals surface area contributed by atoms with Crippen molar-refractivity contribution in [1.82, 2.24) is 10.1 Å². The van der Waals surface area contributed by atoms with E-state index in [0.29, 0.717) is 0 Å². The Kier molecular flexibility index (Phi) is 2.20. The van der Waals surface area contributed by atoms with Gasteiger partial charge in [-0.05, 0) is 0 Å². The van der Waals surface area contributed by atoms with Gasteiger partial charge in [0.25, 0.3) is 0 Å². The van der Waals surface area contributed by atoms with Crippen LogP contribution >= 0.6 is 0 Å². The van der Waals surface area contributed by atoms with Gasteiger partial charge >= 0.3 is 6.01 Å². The number of anilines is 1. The third kappa shape index (κ3) is 2.03. The first kappa shape index (κ1) is 7.71. The van der Waals surface area contributed by atoms with Crippen molar-refractivity contribution < 1.29 is 9.32 Å². The first-order chi connectivity index (χ1) is 5.20. The van der Waals surface area contributed by atoms with E-state index in [4.69, 9.17) is 0 Å². The molecular formula is C6H9N3O2. The van der Waals surface area contributed by atoms with Crippen LogP contribution in [0.3, 0.4) is 0 Å². The molecule has 1 heterocycles. The van der Waals surface area contributed by atoms with Crippen LogP contribution in [0.5, 0.6) is 0 Å². The highest BCUT2D eigenvalue weighted by Gasteiger charge is 2.09. The quantitative estimate of drug-likeness (QED) is 0.681. The summed E-state index contributed by atoms with van der Waals surface area (Å²) >= 11 is 0. The fraction of sp³-hybridized carbons (Fsp3) is 0.500. The fourth-order valence-electron chi connectivity index (χ4n) is 0.478. The third-order valence-corrected chi connectivity index (χ3v) is 1.12. The molecule has 0 aliphatic heterocycles. The number of nitrogens with zero attached hydrogens (tertiary/aromatic N) is 2. The lowest BCUT2D eigenvalue weighted by Crippen LogP contribution is -2.17. The smallest absolute Gasteiger partial charge is 0.315 e. The second-order valence-corrected chi connectivity index (χ2v) is 2.39.